The SMILES string of the molecule is NCc1nc(CC(=O)Nc2ccc(O)cc2)cs1. The van der Waals surface area contributed by atoms with E-state index in [1.54, 1.807) is 12.1 Å². The molecule has 0 fully saturated rings. The molecule has 1 amide bonds. The highest BCUT2D eigenvalue weighted by Gasteiger charge is 2.07. The number of nitrogens with one attached hydrogen (secondary N) is 1. The summed E-state index contributed by atoms with van der Waals surface area (Å²) in [5, 5.41) is 14.5. The molecule has 5 nitrogen and oxygen atoms in total. The molecule has 0 saturated carbocycles. The van der Waals surface area contributed by atoms with E-state index in [2.05, 4.69) is 10.3 Å². The second-order valence-corrected chi connectivity index (χ2v) is 4.65. The van der Waals surface area contributed by atoms with Crippen LogP contribution < -0.4 is 11.1 Å². The second-order valence-electron chi connectivity index (χ2n) is 3.71. The first-order valence-electron chi connectivity index (χ1n) is 5.39. The summed E-state index contributed by atoms with van der Waals surface area (Å²) in [6, 6.07) is 6.31. The average Bonchev–Trinajstić information content (AvgIpc) is 2.79. The van der Waals surface area contributed by atoms with Gasteiger partial charge in [0.25, 0.3) is 0 Å². The van der Waals surface area contributed by atoms with Crippen molar-refractivity contribution in [2.24, 2.45) is 5.73 Å². The van der Waals surface area contributed by atoms with Gasteiger partial charge in [-0.3, -0.25) is 4.79 Å². The fraction of sp³-hybridized carbons (Fsp3) is 0.167. The number of hydrogen-bond acceptors (Lipinski definition) is 5. The largest absolute Gasteiger partial charge is 0.508 e. The molecule has 0 bridgehead atoms. The summed E-state index contributed by atoms with van der Waals surface area (Å²) < 4.78 is 0. The summed E-state index contributed by atoms with van der Waals surface area (Å²) in [7, 11) is 0. The number of benzene rings is 1. The highest BCUT2D eigenvalue weighted by atomic mass is 32.1. The van der Waals surface area contributed by atoms with Crippen molar-refractivity contribution in [3.05, 3.63) is 40.3 Å². The number of aromatic nitrogens is 1. The summed E-state index contributed by atoms with van der Waals surface area (Å²) >= 11 is 1.45. The van der Waals surface area contributed by atoms with Crippen molar-refractivity contribution in [2.45, 2.75) is 13.0 Å². The standard InChI is InChI=1S/C12H13N3O2S/c13-6-12-15-9(7-18-12)5-11(17)14-8-1-3-10(16)4-2-8/h1-4,7,16H,5-6,13H2,(H,14,17). The van der Waals surface area contributed by atoms with Crippen molar-refractivity contribution in [3.8, 4) is 5.75 Å². The molecule has 0 aliphatic heterocycles. The molecule has 1 heterocycles. The zero-order chi connectivity index (χ0) is 13.0. The van der Waals surface area contributed by atoms with Crippen LogP contribution in [0.4, 0.5) is 5.69 Å². The van der Waals surface area contributed by atoms with Gasteiger partial charge >= 0.3 is 0 Å². The number of phenolic OH excluding ortho intramolecular Hbond substituents is 1. The highest BCUT2D eigenvalue weighted by Crippen LogP contribution is 2.14. The van der Waals surface area contributed by atoms with Crippen molar-refractivity contribution in [1.29, 1.82) is 0 Å². The van der Waals surface area contributed by atoms with Crippen LogP contribution in [0.5, 0.6) is 5.75 Å². The lowest BCUT2D eigenvalue weighted by molar-refractivity contribution is -0.115. The van der Waals surface area contributed by atoms with E-state index < -0.39 is 0 Å². The molecule has 0 spiro atoms. The maximum Gasteiger partial charge on any atom is 0.230 e. The summed E-state index contributed by atoms with van der Waals surface area (Å²) in [4.78, 5) is 15.9. The first-order valence-corrected chi connectivity index (χ1v) is 6.27. The minimum absolute atomic E-state index is 0.144. The molecule has 0 saturated heterocycles. The molecule has 0 aliphatic carbocycles. The number of nitrogens with two attached hydrogens (primary N) is 1. The lowest BCUT2D eigenvalue weighted by Gasteiger charge is -2.03. The van der Waals surface area contributed by atoms with E-state index in [1.807, 2.05) is 5.38 Å². The van der Waals surface area contributed by atoms with E-state index in [0.717, 1.165) is 10.7 Å². The van der Waals surface area contributed by atoms with Crippen LogP contribution in [0, 0.1) is 0 Å². The minimum atomic E-state index is -0.144. The normalized spacial score (nSPS) is 10.3. The quantitative estimate of drug-likeness (QED) is 0.729. The number of nitrogens with zero attached hydrogens (tertiary/aromatic N) is 1. The minimum Gasteiger partial charge on any atom is -0.508 e. The first kappa shape index (κ1) is 12.5. The molecule has 1 aromatic heterocycles. The average molecular weight is 263 g/mol. The van der Waals surface area contributed by atoms with Gasteiger partial charge in [-0.05, 0) is 24.3 Å². The number of rotatable bonds is 4. The van der Waals surface area contributed by atoms with Crippen molar-refractivity contribution in [3.63, 3.8) is 0 Å². The molecule has 4 N–H and O–H groups in total. The van der Waals surface area contributed by atoms with Gasteiger partial charge in [0.1, 0.15) is 10.8 Å². The Hall–Kier alpha value is -1.92. The Balaban J connectivity index is 1.94. The van der Waals surface area contributed by atoms with Gasteiger partial charge < -0.3 is 16.2 Å². The Morgan fingerprint density at radius 1 is 1.39 bits per heavy atom. The molecule has 0 radical (unpaired) electrons. The molecular formula is C12H13N3O2S. The van der Waals surface area contributed by atoms with Crippen molar-refractivity contribution in [1.82, 2.24) is 4.98 Å². The maximum atomic E-state index is 11.7. The number of carbonyl (C=O) groups is 1. The number of thiazole rings is 1. The van der Waals surface area contributed by atoms with Crippen LogP contribution in [0.25, 0.3) is 0 Å². The Morgan fingerprint density at radius 3 is 2.72 bits per heavy atom. The third kappa shape index (κ3) is 3.28. The van der Waals surface area contributed by atoms with E-state index in [9.17, 15) is 4.79 Å². The Labute approximate surface area is 108 Å². The first-order chi connectivity index (χ1) is 8.67. The molecule has 18 heavy (non-hydrogen) atoms. The van der Waals surface area contributed by atoms with Crippen LogP contribution in [0.15, 0.2) is 29.6 Å². The smallest absolute Gasteiger partial charge is 0.230 e. The topological polar surface area (TPSA) is 88.2 Å². The second kappa shape index (κ2) is 5.61. The molecule has 6 heteroatoms. The van der Waals surface area contributed by atoms with Gasteiger partial charge in [0.2, 0.25) is 5.91 Å². The molecule has 0 unspecified atom stereocenters. The molecule has 2 rings (SSSR count). The number of hydrogen-bond donors (Lipinski definition) is 3. The number of amides is 1. The van der Waals surface area contributed by atoms with Gasteiger partial charge in [0, 0.05) is 17.6 Å². The van der Waals surface area contributed by atoms with Gasteiger partial charge in [-0.1, -0.05) is 0 Å². The van der Waals surface area contributed by atoms with Crippen LogP contribution in [0.3, 0.4) is 0 Å². The molecule has 0 atom stereocenters. The van der Waals surface area contributed by atoms with Crippen LogP contribution in [-0.4, -0.2) is 16.0 Å². The Bertz CT molecular complexity index is 537. The summed E-state index contributed by atoms with van der Waals surface area (Å²) in [6.07, 6.45) is 0.220. The number of phenols is 1. The fourth-order valence-corrected chi connectivity index (χ4v) is 2.11. The van der Waals surface area contributed by atoms with Crippen LogP contribution >= 0.6 is 11.3 Å². The Kier molecular flexibility index (Phi) is 3.91. The van der Waals surface area contributed by atoms with E-state index in [1.165, 1.54) is 23.5 Å². The van der Waals surface area contributed by atoms with Gasteiger partial charge in [0.05, 0.1) is 12.1 Å². The van der Waals surface area contributed by atoms with Crippen molar-refractivity contribution in [2.75, 3.05) is 5.32 Å². The van der Waals surface area contributed by atoms with Gasteiger partial charge in [-0.15, -0.1) is 11.3 Å². The molecule has 0 aliphatic rings. The van der Waals surface area contributed by atoms with Crippen molar-refractivity contribution >= 4 is 22.9 Å². The van der Waals surface area contributed by atoms with Crippen molar-refractivity contribution < 1.29 is 9.90 Å². The maximum absolute atomic E-state index is 11.7. The van der Waals surface area contributed by atoms with Gasteiger partial charge in [-0.2, -0.15) is 0 Å². The predicted molar refractivity (Wildman–Crippen MR) is 70.4 cm³/mol. The van der Waals surface area contributed by atoms with E-state index >= 15 is 0 Å². The summed E-state index contributed by atoms with van der Waals surface area (Å²) in [5.41, 5.74) is 6.82. The van der Waals surface area contributed by atoms with E-state index in [4.69, 9.17) is 10.8 Å². The van der Waals surface area contributed by atoms with Crippen LogP contribution in [0.1, 0.15) is 10.7 Å². The monoisotopic (exact) mass is 263 g/mol. The number of carbonyl (C=O) groups excluding carboxylic acids is 1. The summed E-state index contributed by atoms with van der Waals surface area (Å²) in [5.74, 6) is 0.0228. The van der Waals surface area contributed by atoms with Gasteiger partial charge in [0.15, 0.2) is 0 Å². The zero-order valence-corrected chi connectivity index (χ0v) is 10.4. The Morgan fingerprint density at radius 2 is 2.11 bits per heavy atom. The number of aromatic hydroxyl groups is 1. The predicted octanol–water partition coefficient (Wildman–Crippen LogP) is 1.49. The van der Waals surface area contributed by atoms with E-state index in [-0.39, 0.29) is 18.1 Å². The highest BCUT2D eigenvalue weighted by molar-refractivity contribution is 7.09. The fourth-order valence-electron chi connectivity index (χ4n) is 1.44. The lowest BCUT2D eigenvalue weighted by Crippen LogP contribution is -2.14. The zero-order valence-electron chi connectivity index (χ0n) is 9.59. The third-order valence-electron chi connectivity index (χ3n) is 2.27. The van der Waals surface area contributed by atoms with Crippen LogP contribution in [-0.2, 0) is 17.8 Å². The molecule has 1 aromatic carbocycles. The molecule has 94 valence electrons. The third-order valence-corrected chi connectivity index (χ3v) is 3.19. The lowest BCUT2D eigenvalue weighted by atomic mass is 10.2. The van der Waals surface area contributed by atoms with Gasteiger partial charge in [-0.25, -0.2) is 4.98 Å². The van der Waals surface area contributed by atoms with E-state index in [0.29, 0.717) is 12.2 Å². The van der Waals surface area contributed by atoms with Crippen LogP contribution in [0.2, 0.25) is 0 Å². The molecule has 2 aromatic rings. The number of anilines is 1. The summed E-state index contributed by atoms with van der Waals surface area (Å²) in [6.45, 7) is 0.393. The molecular weight excluding hydrogens is 250 g/mol.